The first-order chi connectivity index (χ1) is 8.24. The lowest BCUT2D eigenvalue weighted by molar-refractivity contribution is 1.30. The van der Waals surface area contributed by atoms with Crippen LogP contribution in [0, 0.1) is 0 Å². The number of nitrogens with zero attached hydrogens (tertiary/aromatic N) is 2. The molecule has 0 fully saturated rings. The molecule has 83 valence electrons. The molecule has 1 aliphatic rings. The Bertz CT molecular complexity index is 621. The van der Waals surface area contributed by atoms with E-state index >= 15 is 0 Å². The van der Waals surface area contributed by atoms with E-state index in [-0.39, 0.29) is 0 Å². The number of para-hydroxylation sites is 2. The lowest BCUT2D eigenvalue weighted by atomic mass is 10.2. The van der Waals surface area contributed by atoms with Gasteiger partial charge in [0.1, 0.15) is 0 Å². The van der Waals surface area contributed by atoms with Crippen LogP contribution >= 0.6 is 23.2 Å². The van der Waals surface area contributed by atoms with Gasteiger partial charge >= 0.3 is 0 Å². The van der Waals surface area contributed by atoms with Gasteiger partial charge in [0.15, 0.2) is 5.84 Å². The van der Waals surface area contributed by atoms with E-state index in [1.807, 2.05) is 30.3 Å². The number of aliphatic imine (C=N–C) groups is 1. The van der Waals surface area contributed by atoms with E-state index in [0.29, 0.717) is 15.9 Å². The summed E-state index contributed by atoms with van der Waals surface area (Å²) in [6.07, 6.45) is 0. The van der Waals surface area contributed by atoms with Crippen LogP contribution in [-0.2, 0) is 0 Å². The summed E-state index contributed by atoms with van der Waals surface area (Å²) in [7, 11) is 0. The highest BCUT2D eigenvalue weighted by Gasteiger charge is 2.18. The molecule has 4 heteroatoms. The zero-order chi connectivity index (χ0) is 11.8. The standard InChI is InChI=1S/C13H7Cl2N2/c14-8-5-6-9(10(15)7-8)13-16-11-3-1-2-4-12(11)17-13/h1-7H. The summed E-state index contributed by atoms with van der Waals surface area (Å²) in [6, 6.07) is 13.0. The number of rotatable bonds is 1. The Morgan fingerprint density at radius 3 is 2.35 bits per heavy atom. The second kappa shape index (κ2) is 4.06. The largest absolute Gasteiger partial charge is 0.226 e. The van der Waals surface area contributed by atoms with Crippen LogP contribution in [0.1, 0.15) is 5.56 Å². The minimum absolute atomic E-state index is 0.563. The summed E-state index contributed by atoms with van der Waals surface area (Å²) in [6.45, 7) is 0. The second-order valence-corrected chi connectivity index (χ2v) is 4.50. The number of halogens is 2. The number of hydrogen-bond donors (Lipinski definition) is 0. The summed E-state index contributed by atoms with van der Waals surface area (Å²) < 4.78 is 0. The zero-order valence-electron chi connectivity index (χ0n) is 8.69. The van der Waals surface area contributed by atoms with Crippen molar-refractivity contribution in [1.82, 2.24) is 5.32 Å². The van der Waals surface area contributed by atoms with Gasteiger partial charge in [-0.2, -0.15) is 0 Å². The summed E-state index contributed by atoms with van der Waals surface area (Å²) in [5, 5.41) is 5.60. The molecule has 1 aliphatic heterocycles. The van der Waals surface area contributed by atoms with Gasteiger partial charge in [-0.25, -0.2) is 10.3 Å². The van der Waals surface area contributed by atoms with Crippen LogP contribution in [0.2, 0.25) is 10.0 Å². The third-order valence-electron chi connectivity index (χ3n) is 2.51. The Kier molecular flexibility index (Phi) is 2.54. The Morgan fingerprint density at radius 2 is 1.65 bits per heavy atom. The Balaban J connectivity index is 2.04. The first-order valence-electron chi connectivity index (χ1n) is 5.09. The fraction of sp³-hybridized carbons (Fsp3) is 0. The van der Waals surface area contributed by atoms with Crippen molar-refractivity contribution >= 4 is 40.4 Å². The maximum absolute atomic E-state index is 6.13. The van der Waals surface area contributed by atoms with E-state index in [1.165, 1.54) is 0 Å². The number of hydrogen-bond acceptors (Lipinski definition) is 1. The van der Waals surface area contributed by atoms with Crippen LogP contribution in [0.4, 0.5) is 11.4 Å². The van der Waals surface area contributed by atoms with E-state index in [9.17, 15) is 0 Å². The van der Waals surface area contributed by atoms with E-state index in [4.69, 9.17) is 23.2 Å². The summed E-state index contributed by atoms with van der Waals surface area (Å²) in [5.41, 5.74) is 2.54. The predicted octanol–water partition coefficient (Wildman–Crippen LogP) is 4.32. The van der Waals surface area contributed by atoms with E-state index in [1.54, 1.807) is 12.1 Å². The van der Waals surface area contributed by atoms with Crippen molar-refractivity contribution in [3.63, 3.8) is 0 Å². The van der Waals surface area contributed by atoms with E-state index in [2.05, 4.69) is 10.3 Å². The number of amidine groups is 1. The lowest BCUT2D eigenvalue weighted by Gasteiger charge is -2.03. The molecule has 0 aromatic heterocycles. The smallest absolute Gasteiger partial charge is 0.162 e. The van der Waals surface area contributed by atoms with Crippen molar-refractivity contribution in [2.24, 2.45) is 4.99 Å². The van der Waals surface area contributed by atoms with Crippen molar-refractivity contribution < 1.29 is 0 Å². The quantitative estimate of drug-likeness (QED) is 0.731. The van der Waals surface area contributed by atoms with E-state index in [0.717, 1.165) is 16.9 Å². The van der Waals surface area contributed by atoms with Gasteiger partial charge < -0.3 is 0 Å². The first-order valence-corrected chi connectivity index (χ1v) is 5.84. The average Bonchev–Trinajstić information content (AvgIpc) is 2.72. The van der Waals surface area contributed by atoms with E-state index < -0.39 is 0 Å². The fourth-order valence-corrected chi connectivity index (χ4v) is 2.19. The van der Waals surface area contributed by atoms with Gasteiger partial charge in [0.05, 0.1) is 16.4 Å². The number of fused-ring (bicyclic) bond motifs is 1. The summed E-state index contributed by atoms with van der Waals surface area (Å²) >= 11 is 12.0. The van der Waals surface area contributed by atoms with Gasteiger partial charge in [-0.15, -0.1) is 0 Å². The molecular formula is C13H7Cl2N2. The first kappa shape index (κ1) is 10.6. The van der Waals surface area contributed by atoms with Crippen LogP contribution in [0.5, 0.6) is 0 Å². The van der Waals surface area contributed by atoms with Crippen LogP contribution in [0.3, 0.4) is 0 Å². The molecule has 0 N–H and O–H groups in total. The molecule has 2 nitrogen and oxygen atoms in total. The second-order valence-electron chi connectivity index (χ2n) is 3.66. The monoisotopic (exact) mass is 261 g/mol. The van der Waals surface area contributed by atoms with Crippen molar-refractivity contribution in [3.05, 3.63) is 58.1 Å². The van der Waals surface area contributed by atoms with Gasteiger partial charge in [-0.3, -0.25) is 0 Å². The van der Waals surface area contributed by atoms with Crippen molar-refractivity contribution in [2.45, 2.75) is 0 Å². The molecule has 0 aliphatic carbocycles. The molecule has 1 heterocycles. The molecule has 0 saturated carbocycles. The topological polar surface area (TPSA) is 26.5 Å². The lowest BCUT2D eigenvalue weighted by Crippen LogP contribution is -2.08. The maximum Gasteiger partial charge on any atom is 0.162 e. The highest BCUT2D eigenvalue weighted by molar-refractivity contribution is 6.37. The maximum atomic E-state index is 6.13. The van der Waals surface area contributed by atoms with Crippen molar-refractivity contribution in [1.29, 1.82) is 0 Å². The third-order valence-corrected chi connectivity index (χ3v) is 3.05. The Labute approximate surface area is 109 Å². The zero-order valence-corrected chi connectivity index (χ0v) is 10.2. The molecule has 0 atom stereocenters. The third kappa shape index (κ3) is 1.90. The van der Waals surface area contributed by atoms with Gasteiger partial charge in [0.2, 0.25) is 0 Å². The van der Waals surface area contributed by atoms with Crippen molar-refractivity contribution in [3.8, 4) is 0 Å². The molecule has 1 radical (unpaired) electrons. The SMILES string of the molecule is Clc1ccc(C2=Nc3ccccc3[N]2)c(Cl)c1. The van der Waals surface area contributed by atoms with Crippen LogP contribution in [-0.4, -0.2) is 5.84 Å². The van der Waals surface area contributed by atoms with Gasteiger partial charge in [-0.1, -0.05) is 35.3 Å². The highest BCUT2D eigenvalue weighted by atomic mass is 35.5. The van der Waals surface area contributed by atoms with Crippen LogP contribution in [0.25, 0.3) is 0 Å². The predicted molar refractivity (Wildman–Crippen MR) is 70.9 cm³/mol. The van der Waals surface area contributed by atoms with Crippen molar-refractivity contribution in [2.75, 3.05) is 0 Å². The van der Waals surface area contributed by atoms with Gasteiger partial charge in [-0.05, 0) is 30.3 Å². The van der Waals surface area contributed by atoms with Crippen LogP contribution < -0.4 is 5.32 Å². The molecular weight excluding hydrogens is 255 g/mol. The Hall–Kier alpha value is -1.51. The molecule has 0 spiro atoms. The molecule has 2 aromatic carbocycles. The molecule has 0 saturated heterocycles. The molecule has 0 amide bonds. The molecule has 17 heavy (non-hydrogen) atoms. The summed E-state index contributed by atoms with van der Waals surface area (Å²) in [4.78, 5) is 4.43. The Morgan fingerprint density at radius 1 is 0.882 bits per heavy atom. The van der Waals surface area contributed by atoms with Gasteiger partial charge in [0.25, 0.3) is 0 Å². The average molecular weight is 262 g/mol. The number of benzene rings is 2. The molecule has 3 rings (SSSR count). The van der Waals surface area contributed by atoms with Gasteiger partial charge in [0, 0.05) is 10.6 Å². The molecule has 0 bridgehead atoms. The molecule has 2 aromatic rings. The fourth-order valence-electron chi connectivity index (χ4n) is 1.70. The normalized spacial score (nSPS) is 12.9. The molecule has 0 unspecified atom stereocenters. The minimum Gasteiger partial charge on any atom is -0.226 e. The van der Waals surface area contributed by atoms with Crippen LogP contribution in [0.15, 0.2) is 47.5 Å². The highest BCUT2D eigenvalue weighted by Crippen LogP contribution is 2.33. The summed E-state index contributed by atoms with van der Waals surface area (Å²) in [5.74, 6) is 0.632. The minimum atomic E-state index is 0.563.